The molecule has 0 saturated carbocycles. The predicted octanol–water partition coefficient (Wildman–Crippen LogP) is 4.64. The Morgan fingerprint density at radius 1 is 1.48 bits per heavy atom. The molecule has 0 radical (unpaired) electrons. The van der Waals surface area contributed by atoms with E-state index in [1.54, 1.807) is 18.3 Å². The third kappa shape index (κ3) is 4.23. The summed E-state index contributed by atoms with van der Waals surface area (Å²) in [6.07, 6.45) is 1.41. The van der Waals surface area contributed by atoms with Crippen LogP contribution >= 0.6 is 22.7 Å². The third-order valence-corrected chi connectivity index (χ3v) is 5.25. The van der Waals surface area contributed by atoms with Gasteiger partial charge in [0.2, 0.25) is 10.9 Å². The molecule has 3 rings (SSSR count). The summed E-state index contributed by atoms with van der Waals surface area (Å²) in [5.74, 6) is -0.457. The van der Waals surface area contributed by atoms with Crippen molar-refractivity contribution < 1.29 is 14.8 Å². The van der Waals surface area contributed by atoms with Gasteiger partial charge in [0, 0.05) is 16.5 Å². The van der Waals surface area contributed by atoms with Gasteiger partial charge in [0.05, 0.1) is 28.3 Å². The van der Waals surface area contributed by atoms with Crippen LogP contribution in [0.4, 0.5) is 10.8 Å². The van der Waals surface area contributed by atoms with Gasteiger partial charge in [0.1, 0.15) is 0 Å². The molecule has 0 aliphatic rings. The van der Waals surface area contributed by atoms with Crippen molar-refractivity contribution in [1.29, 1.82) is 0 Å². The number of nitrogens with one attached hydrogen (secondary N) is 1. The lowest BCUT2D eigenvalue weighted by atomic mass is 10.2. The largest absolute Gasteiger partial charge is 0.500 e. The lowest BCUT2D eigenvalue weighted by molar-refractivity contribution is -0.386. The van der Waals surface area contributed by atoms with Crippen molar-refractivity contribution in [3.05, 3.63) is 50.2 Å². The van der Waals surface area contributed by atoms with Crippen LogP contribution in [-0.4, -0.2) is 27.8 Å². The van der Waals surface area contributed by atoms with Crippen molar-refractivity contribution in [2.24, 2.45) is 5.10 Å². The molecule has 3 aromatic rings. The van der Waals surface area contributed by atoms with Gasteiger partial charge >= 0.3 is 5.69 Å². The average Bonchev–Trinajstić information content (AvgIpc) is 3.27. The molecule has 27 heavy (non-hydrogen) atoms. The monoisotopic (exact) mass is 404 g/mol. The van der Waals surface area contributed by atoms with Crippen LogP contribution in [0.15, 0.2) is 34.7 Å². The van der Waals surface area contributed by atoms with Crippen molar-refractivity contribution in [1.82, 2.24) is 4.98 Å². The summed E-state index contributed by atoms with van der Waals surface area (Å²) in [6.45, 7) is 3.98. The van der Waals surface area contributed by atoms with Crippen LogP contribution in [0.5, 0.6) is 11.5 Å². The minimum Gasteiger partial charge on any atom is -0.500 e. The van der Waals surface area contributed by atoms with E-state index in [4.69, 9.17) is 4.74 Å². The normalized spacial score (nSPS) is 11.0. The second kappa shape index (κ2) is 8.14. The second-order valence-electron chi connectivity index (χ2n) is 5.35. The third-order valence-electron chi connectivity index (χ3n) is 3.50. The number of phenolic OH excluding ortho intramolecular Hbond substituents is 1. The number of nitro groups is 1. The van der Waals surface area contributed by atoms with E-state index in [1.165, 1.54) is 29.7 Å². The minimum atomic E-state index is -0.667. The highest BCUT2D eigenvalue weighted by Crippen LogP contribution is 2.37. The molecule has 1 aromatic carbocycles. The SMILES string of the molecule is CCOc1cc(/C=N\Nc2nc(-c3cccs3)c(C)s2)cc([N+](=O)[O-])c1O. The Morgan fingerprint density at radius 2 is 2.30 bits per heavy atom. The fourth-order valence-electron chi connectivity index (χ4n) is 2.34. The lowest BCUT2D eigenvalue weighted by Gasteiger charge is -2.07. The van der Waals surface area contributed by atoms with E-state index < -0.39 is 16.4 Å². The quantitative estimate of drug-likeness (QED) is 0.337. The number of rotatable bonds is 7. The van der Waals surface area contributed by atoms with Gasteiger partial charge in [-0.2, -0.15) is 5.10 Å². The van der Waals surface area contributed by atoms with E-state index in [0.29, 0.717) is 10.7 Å². The fraction of sp³-hybridized carbons (Fsp3) is 0.176. The number of thiazole rings is 1. The summed E-state index contributed by atoms with van der Waals surface area (Å²) >= 11 is 3.08. The number of nitro benzene ring substituents is 1. The zero-order valence-electron chi connectivity index (χ0n) is 14.5. The molecule has 2 aromatic heterocycles. The molecule has 2 N–H and O–H groups in total. The lowest BCUT2D eigenvalue weighted by Crippen LogP contribution is -1.98. The van der Waals surface area contributed by atoms with Crippen LogP contribution in [0.3, 0.4) is 0 Å². The maximum atomic E-state index is 11.1. The van der Waals surface area contributed by atoms with Gasteiger partial charge in [-0.3, -0.25) is 15.5 Å². The van der Waals surface area contributed by atoms with Gasteiger partial charge in [0.15, 0.2) is 5.75 Å². The number of nitrogens with zero attached hydrogens (tertiary/aromatic N) is 3. The number of ether oxygens (including phenoxy) is 1. The minimum absolute atomic E-state index is 0.0400. The molecule has 8 nitrogen and oxygen atoms in total. The first-order valence-corrected chi connectivity index (χ1v) is 9.63. The molecule has 0 aliphatic heterocycles. The van der Waals surface area contributed by atoms with E-state index in [-0.39, 0.29) is 12.4 Å². The Hall–Kier alpha value is -2.98. The van der Waals surface area contributed by atoms with Gasteiger partial charge in [-0.15, -0.1) is 22.7 Å². The van der Waals surface area contributed by atoms with Crippen LogP contribution in [0.1, 0.15) is 17.4 Å². The van der Waals surface area contributed by atoms with Gasteiger partial charge in [-0.25, -0.2) is 4.98 Å². The van der Waals surface area contributed by atoms with Crippen molar-refractivity contribution in [2.75, 3.05) is 12.0 Å². The molecule has 0 saturated heterocycles. The van der Waals surface area contributed by atoms with Crippen molar-refractivity contribution in [3.63, 3.8) is 0 Å². The topological polar surface area (TPSA) is 110 Å². The maximum absolute atomic E-state index is 11.1. The van der Waals surface area contributed by atoms with Crippen LogP contribution < -0.4 is 10.2 Å². The number of aromatic hydroxyl groups is 1. The summed E-state index contributed by atoms with van der Waals surface area (Å²) in [4.78, 5) is 17.1. The van der Waals surface area contributed by atoms with E-state index in [1.807, 2.05) is 24.4 Å². The number of hydrogen-bond acceptors (Lipinski definition) is 9. The smallest absolute Gasteiger partial charge is 0.315 e. The average molecular weight is 404 g/mol. The van der Waals surface area contributed by atoms with Gasteiger partial charge < -0.3 is 9.84 Å². The van der Waals surface area contributed by atoms with E-state index >= 15 is 0 Å². The summed E-state index contributed by atoms with van der Waals surface area (Å²) in [5.41, 5.74) is 3.73. The number of aryl methyl sites for hydroxylation is 1. The van der Waals surface area contributed by atoms with E-state index in [0.717, 1.165) is 15.4 Å². The molecular formula is C17H16N4O4S2. The first-order valence-electron chi connectivity index (χ1n) is 7.94. The number of hydrazone groups is 1. The van der Waals surface area contributed by atoms with Crippen molar-refractivity contribution in [3.8, 4) is 22.1 Å². The molecule has 0 aliphatic carbocycles. The highest BCUT2D eigenvalue weighted by atomic mass is 32.1. The van der Waals surface area contributed by atoms with Crippen molar-refractivity contribution >= 4 is 39.7 Å². The summed E-state index contributed by atoms with van der Waals surface area (Å²) in [7, 11) is 0. The Labute approximate surface area is 162 Å². The molecule has 0 bridgehead atoms. The van der Waals surface area contributed by atoms with Crippen LogP contribution in [0.2, 0.25) is 0 Å². The predicted molar refractivity (Wildman–Crippen MR) is 107 cm³/mol. The molecule has 10 heteroatoms. The molecule has 0 spiro atoms. The van der Waals surface area contributed by atoms with Gasteiger partial charge in [0.25, 0.3) is 0 Å². The number of anilines is 1. The molecule has 0 unspecified atom stereocenters. The zero-order valence-corrected chi connectivity index (χ0v) is 16.1. The fourth-order valence-corrected chi connectivity index (χ4v) is 3.95. The Kier molecular flexibility index (Phi) is 5.67. The molecular weight excluding hydrogens is 388 g/mol. The maximum Gasteiger partial charge on any atom is 0.315 e. The highest BCUT2D eigenvalue weighted by Gasteiger charge is 2.19. The van der Waals surface area contributed by atoms with Crippen LogP contribution in [0, 0.1) is 17.0 Å². The van der Waals surface area contributed by atoms with Crippen molar-refractivity contribution in [2.45, 2.75) is 13.8 Å². The van der Waals surface area contributed by atoms with E-state index in [9.17, 15) is 15.2 Å². The first-order chi connectivity index (χ1) is 13.0. The second-order valence-corrected chi connectivity index (χ2v) is 7.50. The van der Waals surface area contributed by atoms with Gasteiger partial charge in [-0.05, 0) is 31.4 Å². The molecule has 2 heterocycles. The number of thiophene rings is 1. The Balaban J connectivity index is 1.80. The summed E-state index contributed by atoms with van der Waals surface area (Å²) in [5, 5.41) is 27.7. The summed E-state index contributed by atoms with van der Waals surface area (Å²) < 4.78 is 5.25. The number of benzene rings is 1. The first kappa shape index (κ1) is 18.8. The molecule has 0 atom stereocenters. The van der Waals surface area contributed by atoms with Crippen LogP contribution in [0.25, 0.3) is 10.6 Å². The number of hydrogen-bond donors (Lipinski definition) is 2. The molecule has 140 valence electrons. The van der Waals surface area contributed by atoms with E-state index in [2.05, 4.69) is 15.5 Å². The number of aromatic nitrogens is 1. The standard InChI is InChI=1S/C17H16N4O4S2/c1-3-25-13-8-11(7-12(16(13)22)21(23)24)9-18-20-17-19-15(10(2)27-17)14-5-4-6-26-14/h4-9,22H,3H2,1-2H3,(H,19,20)/b18-9-. The van der Waals surface area contributed by atoms with Gasteiger partial charge in [-0.1, -0.05) is 6.07 Å². The Morgan fingerprint density at radius 3 is 2.96 bits per heavy atom. The zero-order chi connectivity index (χ0) is 19.4. The molecule has 0 fully saturated rings. The summed E-state index contributed by atoms with van der Waals surface area (Å²) in [6, 6.07) is 6.69. The molecule has 0 amide bonds. The Bertz CT molecular complexity index is 983. The van der Waals surface area contributed by atoms with Crippen LogP contribution in [-0.2, 0) is 0 Å². The number of phenols is 1. The highest BCUT2D eigenvalue weighted by molar-refractivity contribution is 7.17.